The van der Waals surface area contributed by atoms with Crippen molar-refractivity contribution in [3.8, 4) is 0 Å². The number of nitrogens with zero attached hydrogens (tertiary/aromatic N) is 1. The van der Waals surface area contributed by atoms with E-state index in [9.17, 15) is 0 Å². The number of fused-ring (bicyclic) bond motifs is 3. The Kier molecular flexibility index (Phi) is 1.49. The topological polar surface area (TPSA) is 15.3 Å². The Bertz CT molecular complexity index is 370. The number of para-hydroxylation sites is 1. The first-order chi connectivity index (χ1) is 6.66. The minimum Gasteiger partial charge on any atom is -0.304 e. The molecular formula is C12H16N2. The van der Waals surface area contributed by atoms with E-state index >= 15 is 0 Å². The first-order valence-electron chi connectivity index (χ1n) is 5.31. The van der Waals surface area contributed by atoms with Crippen molar-refractivity contribution >= 4 is 5.69 Å². The van der Waals surface area contributed by atoms with Crippen molar-refractivity contribution in [2.45, 2.75) is 38.3 Å². The fraction of sp³-hybridized carbons (Fsp3) is 0.500. The van der Waals surface area contributed by atoms with Crippen molar-refractivity contribution in [2.24, 2.45) is 0 Å². The average molecular weight is 188 g/mol. The Morgan fingerprint density at radius 3 is 3.00 bits per heavy atom. The maximum absolute atomic E-state index is 3.58. The molecule has 2 heterocycles. The first kappa shape index (κ1) is 8.30. The molecule has 2 nitrogen and oxygen atoms in total. The van der Waals surface area contributed by atoms with E-state index in [0.717, 1.165) is 0 Å². The molecule has 2 aliphatic rings. The SMILES string of the molecule is CC1(C)C[C@H]2Cc3ccccc3N2N1. The van der Waals surface area contributed by atoms with Crippen molar-refractivity contribution in [3.05, 3.63) is 29.8 Å². The van der Waals surface area contributed by atoms with Crippen LogP contribution in [-0.4, -0.2) is 11.6 Å². The van der Waals surface area contributed by atoms with Crippen LogP contribution in [0.4, 0.5) is 5.69 Å². The number of hydrogen-bond donors (Lipinski definition) is 1. The fourth-order valence-corrected chi connectivity index (χ4v) is 2.74. The first-order valence-corrected chi connectivity index (χ1v) is 5.31. The third kappa shape index (κ3) is 1.07. The van der Waals surface area contributed by atoms with Crippen LogP contribution in [0.5, 0.6) is 0 Å². The zero-order valence-electron chi connectivity index (χ0n) is 8.75. The van der Waals surface area contributed by atoms with Gasteiger partial charge in [0.15, 0.2) is 0 Å². The normalized spacial score (nSPS) is 27.6. The summed E-state index contributed by atoms with van der Waals surface area (Å²) in [5.74, 6) is 0. The molecule has 74 valence electrons. The predicted octanol–water partition coefficient (Wildman–Crippen LogP) is 2.10. The Balaban J connectivity index is 2.00. The molecule has 3 rings (SSSR count). The van der Waals surface area contributed by atoms with E-state index in [1.807, 2.05) is 0 Å². The van der Waals surface area contributed by atoms with Gasteiger partial charge in [0.05, 0.1) is 11.7 Å². The number of hydrogen-bond acceptors (Lipinski definition) is 2. The average Bonchev–Trinajstić information content (AvgIpc) is 2.56. The van der Waals surface area contributed by atoms with Gasteiger partial charge in [0, 0.05) is 5.54 Å². The quantitative estimate of drug-likeness (QED) is 0.670. The highest BCUT2D eigenvalue weighted by Crippen LogP contribution is 2.38. The van der Waals surface area contributed by atoms with E-state index in [4.69, 9.17) is 0 Å². The van der Waals surface area contributed by atoms with E-state index in [1.165, 1.54) is 24.1 Å². The highest BCUT2D eigenvalue weighted by Gasteiger charge is 2.41. The van der Waals surface area contributed by atoms with Gasteiger partial charge in [-0.2, -0.15) is 0 Å². The van der Waals surface area contributed by atoms with Crippen LogP contribution in [0.1, 0.15) is 25.8 Å². The lowest BCUT2D eigenvalue weighted by atomic mass is 9.96. The van der Waals surface area contributed by atoms with Crippen LogP contribution in [0.25, 0.3) is 0 Å². The monoisotopic (exact) mass is 188 g/mol. The molecule has 1 atom stereocenters. The third-order valence-electron chi connectivity index (χ3n) is 3.24. The van der Waals surface area contributed by atoms with Gasteiger partial charge in [0.2, 0.25) is 0 Å². The van der Waals surface area contributed by atoms with E-state index < -0.39 is 0 Å². The molecule has 2 heteroatoms. The molecule has 0 spiro atoms. The van der Waals surface area contributed by atoms with Gasteiger partial charge in [-0.3, -0.25) is 0 Å². The Morgan fingerprint density at radius 1 is 1.36 bits per heavy atom. The van der Waals surface area contributed by atoms with Crippen LogP contribution in [0.2, 0.25) is 0 Å². The summed E-state index contributed by atoms with van der Waals surface area (Å²) >= 11 is 0. The lowest BCUT2D eigenvalue weighted by molar-refractivity contribution is 0.446. The minimum atomic E-state index is 0.262. The molecule has 0 saturated carbocycles. The summed E-state index contributed by atoms with van der Waals surface area (Å²) in [5.41, 5.74) is 6.71. The summed E-state index contributed by atoms with van der Waals surface area (Å²) < 4.78 is 0. The van der Waals surface area contributed by atoms with E-state index in [2.05, 4.69) is 48.5 Å². The van der Waals surface area contributed by atoms with Crippen molar-refractivity contribution in [2.75, 3.05) is 5.01 Å². The lowest BCUT2D eigenvalue weighted by Crippen LogP contribution is -2.42. The molecule has 1 fully saturated rings. The minimum absolute atomic E-state index is 0.262. The second-order valence-corrected chi connectivity index (χ2v) is 5.06. The summed E-state index contributed by atoms with van der Waals surface area (Å²) in [7, 11) is 0. The van der Waals surface area contributed by atoms with Crippen LogP contribution in [-0.2, 0) is 6.42 Å². The molecule has 1 saturated heterocycles. The van der Waals surface area contributed by atoms with E-state index in [-0.39, 0.29) is 5.54 Å². The maximum Gasteiger partial charge on any atom is 0.0556 e. The number of benzene rings is 1. The zero-order valence-corrected chi connectivity index (χ0v) is 8.75. The summed E-state index contributed by atoms with van der Waals surface area (Å²) in [6.45, 7) is 4.54. The van der Waals surface area contributed by atoms with Gasteiger partial charge in [0.1, 0.15) is 0 Å². The molecule has 0 aliphatic carbocycles. The van der Waals surface area contributed by atoms with Gasteiger partial charge in [-0.25, -0.2) is 5.43 Å². The number of hydrazine groups is 1. The molecule has 2 aliphatic heterocycles. The van der Waals surface area contributed by atoms with Crippen LogP contribution in [0.15, 0.2) is 24.3 Å². The summed E-state index contributed by atoms with van der Waals surface area (Å²) in [6, 6.07) is 9.37. The largest absolute Gasteiger partial charge is 0.304 e. The van der Waals surface area contributed by atoms with Crippen LogP contribution in [0, 0.1) is 0 Å². The molecule has 0 radical (unpaired) electrons. The van der Waals surface area contributed by atoms with Crippen molar-refractivity contribution in [1.82, 2.24) is 5.43 Å². The molecular weight excluding hydrogens is 172 g/mol. The maximum atomic E-state index is 3.58. The molecule has 0 amide bonds. The van der Waals surface area contributed by atoms with Crippen molar-refractivity contribution in [3.63, 3.8) is 0 Å². The second-order valence-electron chi connectivity index (χ2n) is 5.06. The fourth-order valence-electron chi connectivity index (χ4n) is 2.74. The number of nitrogens with one attached hydrogen (secondary N) is 1. The van der Waals surface area contributed by atoms with E-state index in [1.54, 1.807) is 0 Å². The predicted molar refractivity (Wildman–Crippen MR) is 58.2 cm³/mol. The highest BCUT2D eigenvalue weighted by atomic mass is 15.6. The van der Waals surface area contributed by atoms with Gasteiger partial charge in [-0.15, -0.1) is 0 Å². The molecule has 1 aromatic carbocycles. The number of rotatable bonds is 0. The lowest BCUT2D eigenvalue weighted by Gasteiger charge is -2.23. The number of anilines is 1. The smallest absolute Gasteiger partial charge is 0.0556 e. The molecule has 1 N–H and O–H groups in total. The standard InChI is InChI=1S/C12H16N2/c1-12(2)8-10-7-9-5-3-4-6-11(9)14(10)13-12/h3-6,10,13H,7-8H2,1-2H3/t10-/m1/s1. The Labute approximate surface area is 84.9 Å². The van der Waals surface area contributed by atoms with E-state index in [0.29, 0.717) is 6.04 Å². The van der Waals surface area contributed by atoms with Gasteiger partial charge < -0.3 is 5.01 Å². The summed E-state index contributed by atoms with van der Waals surface area (Å²) in [5, 5.41) is 2.36. The molecule has 0 bridgehead atoms. The summed E-state index contributed by atoms with van der Waals surface area (Å²) in [4.78, 5) is 0. The van der Waals surface area contributed by atoms with Crippen LogP contribution >= 0.6 is 0 Å². The van der Waals surface area contributed by atoms with Gasteiger partial charge in [-0.1, -0.05) is 18.2 Å². The second kappa shape index (κ2) is 2.51. The highest BCUT2D eigenvalue weighted by molar-refractivity contribution is 5.59. The van der Waals surface area contributed by atoms with Crippen LogP contribution < -0.4 is 10.4 Å². The van der Waals surface area contributed by atoms with Gasteiger partial charge in [-0.05, 0) is 38.3 Å². The molecule has 0 aromatic heterocycles. The van der Waals surface area contributed by atoms with Gasteiger partial charge in [0.25, 0.3) is 0 Å². The zero-order chi connectivity index (χ0) is 9.76. The molecule has 1 aromatic rings. The Morgan fingerprint density at radius 2 is 2.14 bits per heavy atom. The van der Waals surface area contributed by atoms with Crippen molar-refractivity contribution < 1.29 is 0 Å². The molecule has 14 heavy (non-hydrogen) atoms. The van der Waals surface area contributed by atoms with Crippen LogP contribution in [0.3, 0.4) is 0 Å². The van der Waals surface area contributed by atoms with Crippen molar-refractivity contribution in [1.29, 1.82) is 0 Å². The Hall–Kier alpha value is -1.02. The third-order valence-corrected chi connectivity index (χ3v) is 3.24. The molecule has 0 unspecified atom stereocenters. The summed E-state index contributed by atoms with van der Waals surface area (Å²) in [6.07, 6.45) is 2.44. The van der Waals surface area contributed by atoms with Gasteiger partial charge >= 0.3 is 0 Å².